The predicted molar refractivity (Wildman–Crippen MR) is 106 cm³/mol. The standard InChI is InChI=1S/C21H32O2S/c1-14(2)19(23)24-11-9-10-15-12-16(20(3,4)5)18(22)17(13-15)21(6,7)8/h12-13,22H,1,9-11H2,2-8H3. The van der Waals surface area contributed by atoms with E-state index in [0.29, 0.717) is 11.3 Å². The first-order valence-electron chi connectivity index (χ1n) is 8.53. The number of hydrogen-bond acceptors (Lipinski definition) is 3. The van der Waals surface area contributed by atoms with Gasteiger partial charge in [0, 0.05) is 5.75 Å². The first kappa shape index (κ1) is 20.8. The maximum absolute atomic E-state index is 11.6. The molecule has 0 aromatic heterocycles. The normalized spacial score (nSPS) is 12.3. The van der Waals surface area contributed by atoms with Gasteiger partial charge in [-0.15, -0.1) is 0 Å². The van der Waals surface area contributed by atoms with E-state index in [9.17, 15) is 9.90 Å². The summed E-state index contributed by atoms with van der Waals surface area (Å²) in [5, 5.41) is 10.8. The zero-order chi connectivity index (χ0) is 18.7. The second-order valence-corrected chi connectivity index (χ2v) is 9.63. The Morgan fingerprint density at radius 3 is 1.92 bits per heavy atom. The highest BCUT2D eigenvalue weighted by Gasteiger charge is 2.26. The fraction of sp³-hybridized carbons (Fsp3) is 0.571. The van der Waals surface area contributed by atoms with Crippen molar-refractivity contribution in [2.24, 2.45) is 0 Å². The van der Waals surface area contributed by atoms with Crippen molar-refractivity contribution < 1.29 is 9.90 Å². The summed E-state index contributed by atoms with van der Waals surface area (Å²) in [5.74, 6) is 1.22. The molecule has 1 aromatic rings. The van der Waals surface area contributed by atoms with E-state index in [0.717, 1.165) is 29.7 Å². The van der Waals surface area contributed by atoms with E-state index < -0.39 is 0 Å². The second kappa shape index (κ2) is 7.77. The number of carbonyl (C=O) groups is 1. The van der Waals surface area contributed by atoms with Crippen LogP contribution in [0.3, 0.4) is 0 Å². The van der Waals surface area contributed by atoms with Gasteiger partial charge in [0.2, 0.25) is 5.12 Å². The Bertz CT molecular complexity index is 581. The fourth-order valence-electron chi connectivity index (χ4n) is 2.55. The molecule has 2 nitrogen and oxygen atoms in total. The van der Waals surface area contributed by atoms with Gasteiger partial charge in [0.1, 0.15) is 5.75 Å². The minimum Gasteiger partial charge on any atom is -0.507 e. The summed E-state index contributed by atoms with van der Waals surface area (Å²) in [6.07, 6.45) is 1.84. The SMILES string of the molecule is C=C(C)C(=O)SCCCc1cc(C(C)(C)C)c(O)c(C(C)(C)C)c1. The molecule has 0 aliphatic carbocycles. The van der Waals surface area contributed by atoms with Crippen LogP contribution in [0.15, 0.2) is 24.3 Å². The summed E-state index contributed by atoms with van der Waals surface area (Å²) >= 11 is 1.34. The average molecular weight is 349 g/mol. The number of carbonyl (C=O) groups excluding carboxylic acids is 1. The number of thioether (sulfide) groups is 1. The third kappa shape index (κ3) is 5.70. The molecule has 3 heteroatoms. The summed E-state index contributed by atoms with van der Waals surface area (Å²) in [4.78, 5) is 11.6. The topological polar surface area (TPSA) is 37.3 Å². The van der Waals surface area contributed by atoms with E-state index in [2.05, 4.69) is 60.3 Å². The first-order chi connectivity index (χ1) is 10.8. The van der Waals surface area contributed by atoms with E-state index in [1.54, 1.807) is 6.92 Å². The van der Waals surface area contributed by atoms with Gasteiger partial charge < -0.3 is 5.11 Å². The molecule has 1 N–H and O–H groups in total. The molecule has 0 fully saturated rings. The van der Waals surface area contributed by atoms with Crippen LogP contribution in [0.2, 0.25) is 0 Å². The largest absolute Gasteiger partial charge is 0.507 e. The van der Waals surface area contributed by atoms with Gasteiger partial charge in [0.15, 0.2) is 0 Å². The van der Waals surface area contributed by atoms with E-state index in [4.69, 9.17) is 0 Å². The van der Waals surface area contributed by atoms with Crippen LogP contribution in [-0.2, 0) is 22.0 Å². The van der Waals surface area contributed by atoms with Crippen LogP contribution in [0.5, 0.6) is 5.75 Å². The molecule has 0 saturated carbocycles. The van der Waals surface area contributed by atoms with Crippen LogP contribution in [0, 0.1) is 0 Å². The van der Waals surface area contributed by atoms with Gasteiger partial charge in [-0.25, -0.2) is 0 Å². The lowest BCUT2D eigenvalue weighted by Crippen LogP contribution is -2.18. The van der Waals surface area contributed by atoms with Crippen molar-refractivity contribution in [1.29, 1.82) is 0 Å². The Morgan fingerprint density at radius 1 is 1.08 bits per heavy atom. The number of phenols is 1. The number of rotatable bonds is 5. The van der Waals surface area contributed by atoms with Gasteiger partial charge in [-0.05, 0) is 52.9 Å². The van der Waals surface area contributed by atoms with Crippen molar-refractivity contribution in [3.05, 3.63) is 41.0 Å². The lowest BCUT2D eigenvalue weighted by atomic mass is 9.78. The average Bonchev–Trinajstić information content (AvgIpc) is 2.41. The molecule has 0 saturated heterocycles. The molecule has 134 valence electrons. The quantitative estimate of drug-likeness (QED) is 0.543. The van der Waals surface area contributed by atoms with Crippen molar-refractivity contribution in [3.63, 3.8) is 0 Å². The predicted octanol–water partition coefficient (Wildman–Crippen LogP) is 5.76. The molecule has 24 heavy (non-hydrogen) atoms. The van der Waals surface area contributed by atoms with Crippen LogP contribution in [0.4, 0.5) is 0 Å². The van der Waals surface area contributed by atoms with Crippen molar-refractivity contribution in [2.75, 3.05) is 5.75 Å². The molecular weight excluding hydrogens is 316 g/mol. The zero-order valence-corrected chi connectivity index (χ0v) is 17.1. The molecule has 0 aliphatic rings. The lowest BCUT2D eigenvalue weighted by Gasteiger charge is -2.28. The molecule has 0 aliphatic heterocycles. The zero-order valence-electron chi connectivity index (χ0n) is 16.2. The monoisotopic (exact) mass is 348 g/mol. The molecule has 1 aromatic carbocycles. The molecule has 1 rings (SSSR count). The summed E-state index contributed by atoms with van der Waals surface area (Å²) in [6.45, 7) is 18.2. The molecule has 0 amide bonds. The number of aryl methyl sites for hydroxylation is 1. The molecule has 0 heterocycles. The molecule has 0 radical (unpaired) electrons. The van der Waals surface area contributed by atoms with Crippen LogP contribution in [-0.4, -0.2) is 16.0 Å². The molecule has 0 spiro atoms. The van der Waals surface area contributed by atoms with E-state index in [1.165, 1.54) is 17.3 Å². The molecular formula is C21H32O2S. The summed E-state index contributed by atoms with van der Waals surface area (Å²) < 4.78 is 0. The Morgan fingerprint density at radius 2 is 1.54 bits per heavy atom. The Balaban J connectivity index is 2.99. The van der Waals surface area contributed by atoms with Crippen LogP contribution < -0.4 is 0 Å². The Labute approximate surface area is 151 Å². The van der Waals surface area contributed by atoms with E-state index in [-0.39, 0.29) is 15.9 Å². The molecule has 0 unspecified atom stereocenters. The van der Waals surface area contributed by atoms with Crippen LogP contribution in [0.1, 0.15) is 71.6 Å². The van der Waals surface area contributed by atoms with Gasteiger partial charge in [-0.2, -0.15) is 0 Å². The van der Waals surface area contributed by atoms with Crippen molar-refractivity contribution in [2.45, 2.75) is 72.1 Å². The number of hydrogen-bond donors (Lipinski definition) is 1. The van der Waals surface area contributed by atoms with Gasteiger partial charge in [-0.3, -0.25) is 4.79 Å². The Kier molecular flexibility index (Phi) is 6.75. The number of benzene rings is 1. The fourth-order valence-corrected chi connectivity index (χ4v) is 3.27. The third-order valence-corrected chi connectivity index (χ3v) is 5.08. The van der Waals surface area contributed by atoms with Gasteiger partial charge >= 0.3 is 0 Å². The highest BCUT2D eigenvalue weighted by Crippen LogP contribution is 2.40. The maximum atomic E-state index is 11.6. The maximum Gasteiger partial charge on any atom is 0.214 e. The van der Waals surface area contributed by atoms with Crippen molar-refractivity contribution in [3.8, 4) is 5.75 Å². The lowest BCUT2D eigenvalue weighted by molar-refractivity contribution is -0.107. The minimum absolute atomic E-state index is 0.0754. The Hall–Kier alpha value is -1.22. The van der Waals surface area contributed by atoms with Crippen LogP contribution in [0.25, 0.3) is 0 Å². The highest BCUT2D eigenvalue weighted by molar-refractivity contribution is 8.14. The summed E-state index contributed by atoms with van der Waals surface area (Å²) in [7, 11) is 0. The van der Waals surface area contributed by atoms with Crippen molar-refractivity contribution >= 4 is 16.9 Å². The van der Waals surface area contributed by atoms with Crippen LogP contribution >= 0.6 is 11.8 Å². The van der Waals surface area contributed by atoms with Gasteiger partial charge in [-0.1, -0.05) is 72.0 Å². The summed E-state index contributed by atoms with van der Waals surface area (Å²) in [6, 6.07) is 4.24. The van der Waals surface area contributed by atoms with Crippen molar-refractivity contribution in [1.82, 2.24) is 0 Å². The van der Waals surface area contributed by atoms with Gasteiger partial charge in [0.25, 0.3) is 0 Å². The third-order valence-electron chi connectivity index (χ3n) is 3.98. The minimum atomic E-state index is -0.106. The first-order valence-corrected chi connectivity index (χ1v) is 9.52. The highest BCUT2D eigenvalue weighted by atomic mass is 32.2. The van der Waals surface area contributed by atoms with Gasteiger partial charge in [0.05, 0.1) is 0 Å². The number of phenolic OH excluding ortho intramolecular Hbond substituents is 1. The van der Waals surface area contributed by atoms with E-state index in [1.807, 2.05) is 0 Å². The van der Waals surface area contributed by atoms with E-state index >= 15 is 0 Å². The molecule has 0 atom stereocenters. The molecule has 0 bridgehead atoms. The smallest absolute Gasteiger partial charge is 0.214 e. The number of aromatic hydroxyl groups is 1. The summed E-state index contributed by atoms with van der Waals surface area (Å²) in [5.41, 5.74) is 3.61. The second-order valence-electron chi connectivity index (χ2n) is 8.56.